The van der Waals surface area contributed by atoms with E-state index in [0.29, 0.717) is 25.6 Å². The highest BCUT2D eigenvalue weighted by molar-refractivity contribution is 9.10. The molecule has 1 aromatic rings. The molecule has 8 nitrogen and oxygen atoms in total. The zero-order valence-corrected chi connectivity index (χ0v) is 22.5. The number of amides is 1. The van der Waals surface area contributed by atoms with Gasteiger partial charge in [-0.1, -0.05) is 11.8 Å². The van der Waals surface area contributed by atoms with Gasteiger partial charge in [-0.2, -0.15) is 0 Å². The van der Waals surface area contributed by atoms with Gasteiger partial charge in [-0.15, -0.1) is 0 Å². The minimum absolute atomic E-state index is 0.0989. The number of piperidine rings is 1. The van der Waals surface area contributed by atoms with Gasteiger partial charge in [-0.3, -0.25) is 4.90 Å². The molecule has 1 saturated carbocycles. The monoisotopic (exact) mass is 549 g/mol. The summed E-state index contributed by atoms with van der Waals surface area (Å²) in [7, 11) is 0. The van der Waals surface area contributed by atoms with Crippen LogP contribution in [0.5, 0.6) is 5.88 Å². The average Bonchev–Trinajstić information content (AvgIpc) is 2.74. The van der Waals surface area contributed by atoms with E-state index in [4.69, 9.17) is 18.9 Å². The van der Waals surface area contributed by atoms with Crippen molar-refractivity contribution in [2.45, 2.75) is 76.5 Å². The Morgan fingerprint density at radius 2 is 1.91 bits per heavy atom. The van der Waals surface area contributed by atoms with E-state index in [1.165, 1.54) is 0 Å². The maximum Gasteiger partial charge on any atom is 0.410 e. The van der Waals surface area contributed by atoms with Gasteiger partial charge in [0, 0.05) is 36.1 Å². The van der Waals surface area contributed by atoms with Crippen LogP contribution in [0.25, 0.3) is 0 Å². The van der Waals surface area contributed by atoms with Crippen molar-refractivity contribution in [1.82, 2.24) is 14.8 Å². The van der Waals surface area contributed by atoms with Crippen molar-refractivity contribution < 1.29 is 23.7 Å². The van der Waals surface area contributed by atoms with E-state index in [1.807, 2.05) is 32.9 Å². The van der Waals surface area contributed by atoms with Gasteiger partial charge in [-0.25, -0.2) is 9.78 Å². The molecule has 0 spiro atoms. The van der Waals surface area contributed by atoms with Gasteiger partial charge in [-0.05, 0) is 62.2 Å². The average molecular weight is 550 g/mol. The summed E-state index contributed by atoms with van der Waals surface area (Å²) in [6.45, 7) is 9.95. The Balaban J connectivity index is 1.06. The number of rotatable bonds is 7. The zero-order valence-electron chi connectivity index (χ0n) is 20.9. The molecule has 9 heteroatoms. The second kappa shape index (κ2) is 11.9. The molecule has 1 atom stereocenters. The molecule has 0 aromatic carbocycles. The van der Waals surface area contributed by atoms with Crippen LogP contribution in [-0.4, -0.2) is 90.2 Å². The Morgan fingerprint density at radius 3 is 2.63 bits per heavy atom. The predicted molar refractivity (Wildman–Crippen MR) is 135 cm³/mol. The van der Waals surface area contributed by atoms with E-state index in [2.05, 4.69) is 37.7 Å². The molecule has 3 aliphatic rings. The van der Waals surface area contributed by atoms with Crippen molar-refractivity contribution >= 4 is 22.0 Å². The highest BCUT2D eigenvalue weighted by Crippen LogP contribution is 2.28. The second-order valence-electron chi connectivity index (χ2n) is 10.5. The summed E-state index contributed by atoms with van der Waals surface area (Å²) < 4.78 is 24.3. The fraction of sp³-hybridized carbons (Fsp3) is 0.692. The second-order valence-corrected chi connectivity index (χ2v) is 11.4. The lowest BCUT2D eigenvalue weighted by atomic mass is 9.92. The van der Waals surface area contributed by atoms with E-state index in [1.54, 1.807) is 11.1 Å². The minimum Gasteiger partial charge on any atom is -0.474 e. The molecule has 0 bridgehead atoms. The van der Waals surface area contributed by atoms with Crippen LogP contribution in [0.4, 0.5) is 4.79 Å². The quantitative estimate of drug-likeness (QED) is 0.478. The first kappa shape index (κ1) is 26.2. The van der Waals surface area contributed by atoms with E-state index < -0.39 is 5.60 Å². The summed E-state index contributed by atoms with van der Waals surface area (Å²) in [5, 5.41) is 0. The number of likely N-dealkylation sites (tertiary alicyclic amines) is 2. The first-order chi connectivity index (χ1) is 16.7. The van der Waals surface area contributed by atoms with Crippen molar-refractivity contribution in [2.24, 2.45) is 0 Å². The van der Waals surface area contributed by atoms with Crippen molar-refractivity contribution in [3.63, 3.8) is 0 Å². The number of aromatic nitrogens is 1. The number of nitrogens with zero attached hydrogens (tertiary/aromatic N) is 3. The molecule has 2 aliphatic heterocycles. The Kier molecular flexibility index (Phi) is 8.92. The van der Waals surface area contributed by atoms with E-state index in [-0.39, 0.29) is 30.5 Å². The maximum atomic E-state index is 12.1. The third-order valence-electron chi connectivity index (χ3n) is 6.21. The van der Waals surface area contributed by atoms with Crippen molar-refractivity contribution in [3.05, 3.63) is 22.8 Å². The first-order valence-corrected chi connectivity index (χ1v) is 13.2. The van der Waals surface area contributed by atoms with Crippen molar-refractivity contribution in [1.29, 1.82) is 0 Å². The van der Waals surface area contributed by atoms with E-state index in [9.17, 15) is 4.79 Å². The van der Waals surface area contributed by atoms with Crippen LogP contribution in [0.15, 0.2) is 22.8 Å². The van der Waals surface area contributed by atoms with Gasteiger partial charge < -0.3 is 23.8 Å². The Hall–Kier alpha value is -1.86. The molecule has 3 fully saturated rings. The number of hydrogen-bond acceptors (Lipinski definition) is 7. The standard InChI is InChI=1S/C26H36BrN3O5/c1-26(2,3)35-25(31)30-17-23(18-30)33-20-7-6-11-29(16-20)10-4-5-12-32-21-13-22(14-21)34-24-9-8-19(27)15-28-24/h8-9,15,20-23H,6-7,10-14,16-18H2,1-3H3/t20?,21-,22-. The molecular weight excluding hydrogens is 514 g/mol. The normalized spacial score (nSPS) is 25.1. The van der Waals surface area contributed by atoms with Crippen molar-refractivity contribution in [2.75, 3.05) is 39.3 Å². The highest BCUT2D eigenvalue weighted by atomic mass is 79.9. The minimum atomic E-state index is -0.466. The molecule has 2 saturated heterocycles. The molecule has 3 heterocycles. The molecule has 1 aliphatic carbocycles. The van der Waals surface area contributed by atoms with Crippen LogP contribution < -0.4 is 4.74 Å². The van der Waals surface area contributed by atoms with Crippen LogP contribution in [0, 0.1) is 11.8 Å². The van der Waals surface area contributed by atoms with Gasteiger partial charge >= 0.3 is 6.09 Å². The van der Waals surface area contributed by atoms with Gasteiger partial charge in [0.05, 0.1) is 37.9 Å². The summed E-state index contributed by atoms with van der Waals surface area (Å²) in [5.41, 5.74) is -0.466. The first-order valence-electron chi connectivity index (χ1n) is 12.4. The van der Waals surface area contributed by atoms with Crippen molar-refractivity contribution in [3.8, 4) is 17.7 Å². The summed E-state index contributed by atoms with van der Waals surface area (Å²) in [4.78, 5) is 20.4. The van der Waals surface area contributed by atoms with Crippen LogP contribution in [-0.2, 0) is 14.2 Å². The van der Waals surface area contributed by atoms with Gasteiger partial charge in [0.25, 0.3) is 0 Å². The lowest BCUT2D eigenvalue weighted by Gasteiger charge is -2.42. The van der Waals surface area contributed by atoms with Crippen LogP contribution in [0.1, 0.15) is 46.5 Å². The fourth-order valence-electron chi connectivity index (χ4n) is 4.27. The maximum absolute atomic E-state index is 12.1. The Bertz CT molecular complexity index is 898. The van der Waals surface area contributed by atoms with E-state index >= 15 is 0 Å². The number of carbonyl (C=O) groups excluding carboxylic acids is 1. The smallest absolute Gasteiger partial charge is 0.410 e. The van der Waals surface area contributed by atoms with Gasteiger partial charge in [0.1, 0.15) is 18.3 Å². The molecular formula is C26H36BrN3O5. The highest BCUT2D eigenvalue weighted by Gasteiger charge is 2.36. The molecule has 1 unspecified atom stereocenters. The molecule has 1 amide bonds. The third-order valence-corrected chi connectivity index (χ3v) is 6.67. The number of ether oxygens (including phenoxy) is 4. The number of carbonyl (C=O) groups is 1. The molecule has 0 radical (unpaired) electrons. The van der Waals surface area contributed by atoms with Crippen LogP contribution in [0.3, 0.4) is 0 Å². The number of halogens is 1. The summed E-state index contributed by atoms with van der Waals surface area (Å²) in [5.74, 6) is 7.04. The van der Waals surface area contributed by atoms with Crippen LogP contribution >= 0.6 is 15.9 Å². The number of hydrogen-bond donors (Lipinski definition) is 0. The summed E-state index contributed by atoms with van der Waals surface area (Å²) in [6.07, 6.45) is 6.04. The molecule has 192 valence electrons. The summed E-state index contributed by atoms with van der Waals surface area (Å²) >= 11 is 3.37. The molecule has 35 heavy (non-hydrogen) atoms. The molecule has 1 aromatic heterocycles. The van der Waals surface area contributed by atoms with Gasteiger partial charge in [0.15, 0.2) is 0 Å². The van der Waals surface area contributed by atoms with Crippen LogP contribution in [0.2, 0.25) is 0 Å². The third kappa shape index (κ3) is 8.35. The summed E-state index contributed by atoms with van der Waals surface area (Å²) in [6, 6.07) is 3.79. The SMILES string of the molecule is CC(C)(C)OC(=O)N1CC(OC2CCCN(CC#CCO[C@H]3C[C@H](Oc4ccc(Br)cn4)C3)C2)C1. The lowest BCUT2D eigenvalue weighted by molar-refractivity contribution is -0.108. The zero-order chi connectivity index (χ0) is 24.8. The van der Waals surface area contributed by atoms with Gasteiger partial charge in [0.2, 0.25) is 5.88 Å². The van der Waals surface area contributed by atoms with E-state index in [0.717, 1.165) is 49.8 Å². The topological polar surface area (TPSA) is 73.4 Å². The number of pyridine rings is 1. The fourth-order valence-corrected chi connectivity index (χ4v) is 4.50. The molecule has 4 rings (SSSR count). The lowest BCUT2D eigenvalue weighted by Crippen LogP contribution is -2.57. The molecule has 0 N–H and O–H groups in total. The predicted octanol–water partition coefficient (Wildman–Crippen LogP) is 3.87. The Morgan fingerprint density at radius 1 is 1.11 bits per heavy atom. The largest absolute Gasteiger partial charge is 0.474 e. The Labute approximate surface area is 216 Å².